The van der Waals surface area contributed by atoms with E-state index >= 15 is 0 Å². The van der Waals surface area contributed by atoms with Crippen LogP contribution in [0.5, 0.6) is 0 Å². The number of halogens is 1. The van der Waals surface area contributed by atoms with Crippen LogP contribution in [0.1, 0.15) is 11.1 Å². The lowest BCUT2D eigenvalue weighted by atomic mass is 10.00. The van der Waals surface area contributed by atoms with E-state index in [0.717, 1.165) is 33.6 Å². The molecule has 0 saturated carbocycles. The molecule has 0 heterocycles. The maximum atomic E-state index is 14.6. The highest BCUT2D eigenvalue weighted by atomic mass is 19.1. The Hall–Kier alpha value is -5.19. The number of hydrogen-bond acceptors (Lipinski definition) is 3. The van der Waals surface area contributed by atoms with Crippen LogP contribution in [0.3, 0.4) is 0 Å². The SMILES string of the molecule is N#Cc1cc(N(c2ccc(-c3ccccc3)cc2)c2ccccc2-c2ccccc2)cc(C#N)c1F. The van der Waals surface area contributed by atoms with E-state index in [9.17, 15) is 14.9 Å². The predicted octanol–water partition coefficient (Wildman–Crippen LogP) is 8.37. The van der Waals surface area contributed by atoms with Crippen molar-refractivity contribution in [3.63, 3.8) is 0 Å². The van der Waals surface area contributed by atoms with E-state index in [2.05, 4.69) is 12.1 Å². The molecular formula is C32H20FN3. The average molecular weight is 466 g/mol. The minimum absolute atomic E-state index is 0.174. The van der Waals surface area contributed by atoms with Gasteiger partial charge in [0.2, 0.25) is 0 Å². The van der Waals surface area contributed by atoms with Crippen molar-refractivity contribution in [1.29, 1.82) is 10.5 Å². The Labute approximate surface area is 209 Å². The second-order valence-corrected chi connectivity index (χ2v) is 8.21. The number of benzene rings is 5. The van der Waals surface area contributed by atoms with Crippen LogP contribution >= 0.6 is 0 Å². The summed E-state index contributed by atoms with van der Waals surface area (Å²) in [5.41, 5.74) is 5.98. The molecule has 0 amide bonds. The van der Waals surface area contributed by atoms with Crippen LogP contribution in [0, 0.1) is 28.5 Å². The van der Waals surface area contributed by atoms with Crippen LogP contribution in [-0.4, -0.2) is 0 Å². The fraction of sp³-hybridized carbons (Fsp3) is 0. The van der Waals surface area contributed by atoms with Gasteiger partial charge in [0.25, 0.3) is 0 Å². The van der Waals surface area contributed by atoms with E-state index in [1.54, 1.807) is 0 Å². The number of para-hydroxylation sites is 1. The summed E-state index contributed by atoms with van der Waals surface area (Å²) in [6.45, 7) is 0. The number of nitriles is 2. The first-order valence-corrected chi connectivity index (χ1v) is 11.4. The molecular weight excluding hydrogens is 445 g/mol. The van der Waals surface area contributed by atoms with Gasteiger partial charge in [0, 0.05) is 16.9 Å². The van der Waals surface area contributed by atoms with Gasteiger partial charge in [-0.2, -0.15) is 10.5 Å². The largest absolute Gasteiger partial charge is 0.310 e. The summed E-state index contributed by atoms with van der Waals surface area (Å²) in [5.74, 6) is -0.806. The van der Waals surface area contributed by atoms with Crippen molar-refractivity contribution in [2.75, 3.05) is 4.90 Å². The molecule has 0 radical (unpaired) electrons. The molecule has 0 fully saturated rings. The highest BCUT2D eigenvalue weighted by Crippen LogP contribution is 2.42. The Morgan fingerprint density at radius 2 is 1.03 bits per heavy atom. The third kappa shape index (κ3) is 4.32. The highest BCUT2D eigenvalue weighted by molar-refractivity contribution is 5.89. The van der Waals surface area contributed by atoms with Crippen LogP contribution in [-0.2, 0) is 0 Å². The molecule has 0 aliphatic carbocycles. The first-order chi connectivity index (χ1) is 17.7. The van der Waals surface area contributed by atoms with Crippen molar-refractivity contribution in [3.8, 4) is 34.4 Å². The van der Waals surface area contributed by atoms with Crippen molar-refractivity contribution >= 4 is 17.1 Å². The quantitative estimate of drug-likeness (QED) is 0.262. The smallest absolute Gasteiger partial charge is 0.158 e. The molecule has 0 unspecified atom stereocenters. The van der Waals surface area contributed by atoms with Gasteiger partial charge in [-0.3, -0.25) is 0 Å². The van der Waals surface area contributed by atoms with Gasteiger partial charge in [0.15, 0.2) is 5.82 Å². The van der Waals surface area contributed by atoms with Gasteiger partial charge in [0.1, 0.15) is 12.1 Å². The van der Waals surface area contributed by atoms with Gasteiger partial charge in [-0.05, 0) is 47.0 Å². The molecule has 0 aromatic heterocycles. The predicted molar refractivity (Wildman–Crippen MR) is 141 cm³/mol. The molecule has 5 aromatic carbocycles. The van der Waals surface area contributed by atoms with Gasteiger partial charge in [-0.15, -0.1) is 0 Å². The molecule has 5 rings (SSSR count). The fourth-order valence-electron chi connectivity index (χ4n) is 4.29. The zero-order valence-corrected chi connectivity index (χ0v) is 19.3. The summed E-state index contributed by atoms with van der Waals surface area (Å²) in [7, 11) is 0. The lowest BCUT2D eigenvalue weighted by Crippen LogP contribution is -2.12. The monoisotopic (exact) mass is 465 g/mol. The Kier molecular flexibility index (Phi) is 6.26. The van der Waals surface area contributed by atoms with Crippen LogP contribution < -0.4 is 4.90 Å². The minimum Gasteiger partial charge on any atom is -0.310 e. The van der Waals surface area contributed by atoms with Crippen molar-refractivity contribution < 1.29 is 4.39 Å². The third-order valence-electron chi connectivity index (χ3n) is 6.02. The van der Waals surface area contributed by atoms with E-state index in [1.165, 1.54) is 12.1 Å². The first-order valence-electron chi connectivity index (χ1n) is 11.4. The number of rotatable bonds is 5. The maximum Gasteiger partial charge on any atom is 0.158 e. The van der Waals surface area contributed by atoms with E-state index in [1.807, 2.05) is 114 Å². The van der Waals surface area contributed by atoms with Crippen molar-refractivity contribution in [1.82, 2.24) is 0 Å². The normalized spacial score (nSPS) is 10.3. The Balaban J connectivity index is 1.73. The molecule has 0 bridgehead atoms. The van der Waals surface area contributed by atoms with Crippen LogP contribution in [0.15, 0.2) is 121 Å². The molecule has 36 heavy (non-hydrogen) atoms. The summed E-state index contributed by atoms with van der Waals surface area (Å²) < 4.78 is 14.6. The topological polar surface area (TPSA) is 50.8 Å². The van der Waals surface area contributed by atoms with Gasteiger partial charge in [-0.1, -0.05) is 91.0 Å². The van der Waals surface area contributed by atoms with E-state index in [-0.39, 0.29) is 11.1 Å². The Morgan fingerprint density at radius 3 is 1.61 bits per heavy atom. The summed E-state index contributed by atoms with van der Waals surface area (Å²) in [6.07, 6.45) is 0. The molecule has 0 N–H and O–H groups in total. The molecule has 4 heteroatoms. The molecule has 170 valence electrons. The van der Waals surface area contributed by atoms with E-state index < -0.39 is 5.82 Å². The maximum absolute atomic E-state index is 14.6. The Bertz CT molecular complexity index is 1560. The van der Waals surface area contributed by atoms with Crippen LogP contribution in [0.4, 0.5) is 21.5 Å². The van der Waals surface area contributed by atoms with Crippen molar-refractivity contribution in [2.45, 2.75) is 0 Å². The van der Waals surface area contributed by atoms with Crippen LogP contribution in [0.2, 0.25) is 0 Å². The molecule has 0 atom stereocenters. The average Bonchev–Trinajstić information content (AvgIpc) is 2.95. The van der Waals surface area contributed by atoms with E-state index in [4.69, 9.17) is 0 Å². The van der Waals surface area contributed by atoms with Gasteiger partial charge in [-0.25, -0.2) is 4.39 Å². The summed E-state index contributed by atoms with van der Waals surface area (Å²) in [6, 6.07) is 42.8. The lowest BCUT2D eigenvalue weighted by molar-refractivity contribution is 0.620. The standard InChI is InChI=1S/C32H20FN3/c33-32-26(21-34)19-29(20-27(32)22-35)36(28-17-15-24(16-18-28)23-9-3-1-4-10-23)31-14-8-7-13-30(31)25-11-5-2-6-12-25/h1-20H. The highest BCUT2D eigenvalue weighted by Gasteiger charge is 2.20. The molecule has 0 spiro atoms. The zero-order chi connectivity index (χ0) is 24.9. The van der Waals surface area contributed by atoms with Gasteiger partial charge < -0.3 is 4.90 Å². The summed E-state index contributed by atoms with van der Waals surface area (Å²) in [4.78, 5) is 1.96. The van der Waals surface area contributed by atoms with Gasteiger partial charge >= 0.3 is 0 Å². The van der Waals surface area contributed by atoms with E-state index in [0.29, 0.717) is 5.69 Å². The lowest BCUT2D eigenvalue weighted by Gasteiger charge is -2.28. The van der Waals surface area contributed by atoms with Crippen molar-refractivity contribution in [2.24, 2.45) is 0 Å². The molecule has 0 aliphatic rings. The van der Waals surface area contributed by atoms with Crippen molar-refractivity contribution in [3.05, 3.63) is 138 Å². The molecule has 3 nitrogen and oxygen atoms in total. The summed E-state index contributed by atoms with van der Waals surface area (Å²) >= 11 is 0. The van der Waals surface area contributed by atoms with Crippen LogP contribution in [0.25, 0.3) is 22.3 Å². The summed E-state index contributed by atoms with van der Waals surface area (Å²) in [5, 5.41) is 19.1. The fourth-order valence-corrected chi connectivity index (χ4v) is 4.29. The number of hydrogen-bond donors (Lipinski definition) is 0. The zero-order valence-electron chi connectivity index (χ0n) is 19.3. The van der Waals surface area contributed by atoms with Gasteiger partial charge in [0.05, 0.1) is 16.8 Å². The second kappa shape index (κ2) is 9.97. The molecule has 5 aromatic rings. The third-order valence-corrected chi connectivity index (χ3v) is 6.02. The number of anilines is 3. The molecule has 0 saturated heterocycles. The molecule has 0 aliphatic heterocycles. The minimum atomic E-state index is -0.806. The first kappa shape index (κ1) is 22.6. The second-order valence-electron chi connectivity index (χ2n) is 8.21. The Morgan fingerprint density at radius 1 is 0.528 bits per heavy atom. The number of nitrogens with zero attached hydrogens (tertiary/aromatic N) is 3.